The maximum absolute atomic E-state index is 12.0. The molecule has 0 aliphatic rings. The Labute approximate surface area is 186 Å². The summed E-state index contributed by atoms with van der Waals surface area (Å²) in [5.41, 5.74) is 3.02. The van der Waals surface area contributed by atoms with E-state index in [9.17, 15) is 4.79 Å². The highest BCUT2D eigenvalue weighted by molar-refractivity contribution is 5.92. The molecule has 0 aliphatic carbocycles. The van der Waals surface area contributed by atoms with Gasteiger partial charge in [-0.3, -0.25) is 0 Å². The molecule has 0 aliphatic heterocycles. The SMILES string of the molecule is COC(=O)c1ccc(OC)cc1OCc1cccc(OCc2ccc3ccccc3n2)c1. The lowest BCUT2D eigenvalue weighted by Gasteiger charge is -2.13. The molecule has 6 heteroatoms. The lowest BCUT2D eigenvalue weighted by Crippen LogP contribution is -2.06. The average molecular weight is 429 g/mol. The number of esters is 1. The maximum atomic E-state index is 12.0. The van der Waals surface area contributed by atoms with E-state index in [0.29, 0.717) is 29.4 Å². The highest BCUT2D eigenvalue weighted by Crippen LogP contribution is 2.27. The number of rotatable bonds is 8. The van der Waals surface area contributed by atoms with Crippen LogP contribution in [0.25, 0.3) is 10.9 Å². The van der Waals surface area contributed by atoms with Crippen LogP contribution in [0, 0.1) is 0 Å². The largest absolute Gasteiger partial charge is 0.497 e. The number of para-hydroxylation sites is 1. The van der Waals surface area contributed by atoms with Gasteiger partial charge in [0.15, 0.2) is 0 Å². The Bertz CT molecular complexity index is 1240. The van der Waals surface area contributed by atoms with Crippen LogP contribution in [0.5, 0.6) is 17.2 Å². The van der Waals surface area contributed by atoms with Crippen LogP contribution in [0.1, 0.15) is 21.6 Å². The van der Waals surface area contributed by atoms with Gasteiger partial charge in [-0.2, -0.15) is 0 Å². The van der Waals surface area contributed by atoms with Crippen molar-refractivity contribution in [1.29, 1.82) is 0 Å². The fourth-order valence-corrected chi connectivity index (χ4v) is 3.26. The van der Waals surface area contributed by atoms with Gasteiger partial charge < -0.3 is 18.9 Å². The molecule has 0 saturated heterocycles. The van der Waals surface area contributed by atoms with Crippen LogP contribution in [0.4, 0.5) is 0 Å². The van der Waals surface area contributed by atoms with E-state index in [4.69, 9.17) is 18.9 Å². The standard InChI is InChI=1S/C26H23NO5/c1-29-21-12-13-23(26(28)30-2)25(15-21)32-16-18-6-5-8-22(14-18)31-17-20-11-10-19-7-3-4-9-24(19)27-20/h3-15H,16-17H2,1-2H3. The van der Waals surface area contributed by atoms with Crippen LogP contribution >= 0.6 is 0 Å². The molecule has 1 heterocycles. The van der Waals surface area contributed by atoms with E-state index in [2.05, 4.69) is 4.98 Å². The van der Waals surface area contributed by atoms with Crippen molar-refractivity contribution in [2.24, 2.45) is 0 Å². The van der Waals surface area contributed by atoms with Crippen LogP contribution in [-0.2, 0) is 18.0 Å². The quantitative estimate of drug-likeness (QED) is 0.359. The van der Waals surface area contributed by atoms with Gasteiger partial charge in [0.1, 0.15) is 36.0 Å². The number of benzene rings is 3. The van der Waals surface area contributed by atoms with Gasteiger partial charge in [-0.25, -0.2) is 9.78 Å². The van der Waals surface area contributed by atoms with Crippen molar-refractivity contribution in [3.63, 3.8) is 0 Å². The van der Waals surface area contributed by atoms with Crippen molar-refractivity contribution in [2.45, 2.75) is 13.2 Å². The van der Waals surface area contributed by atoms with Crippen LogP contribution in [-0.4, -0.2) is 25.2 Å². The third kappa shape index (κ3) is 4.98. The minimum absolute atomic E-state index is 0.253. The van der Waals surface area contributed by atoms with Gasteiger partial charge in [-0.05, 0) is 42.0 Å². The number of hydrogen-bond donors (Lipinski definition) is 0. The van der Waals surface area contributed by atoms with Crippen LogP contribution in [0.3, 0.4) is 0 Å². The van der Waals surface area contributed by atoms with Crippen molar-refractivity contribution in [1.82, 2.24) is 4.98 Å². The molecule has 0 saturated carbocycles. The van der Waals surface area contributed by atoms with Crippen molar-refractivity contribution in [2.75, 3.05) is 14.2 Å². The maximum Gasteiger partial charge on any atom is 0.341 e. The van der Waals surface area contributed by atoms with E-state index < -0.39 is 5.97 Å². The number of pyridine rings is 1. The molecule has 0 amide bonds. The van der Waals surface area contributed by atoms with Gasteiger partial charge in [0.25, 0.3) is 0 Å². The van der Waals surface area contributed by atoms with E-state index in [1.165, 1.54) is 7.11 Å². The molecule has 4 rings (SSSR count). The number of nitrogens with zero attached hydrogens (tertiary/aromatic N) is 1. The second kappa shape index (κ2) is 9.83. The normalized spacial score (nSPS) is 10.6. The Morgan fingerprint density at radius 2 is 1.69 bits per heavy atom. The second-order valence-corrected chi connectivity index (χ2v) is 7.07. The summed E-state index contributed by atoms with van der Waals surface area (Å²) in [5, 5.41) is 1.10. The molecular formula is C26H23NO5. The van der Waals surface area contributed by atoms with Crippen LogP contribution in [0.15, 0.2) is 78.9 Å². The summed E-state index contributed by atoms with van der Waals surface area (Å²) in [7, 11) is 2.89. The predicted octanol–water partition coefficient (Wildman–Crippen LogP) is 5.19. The summed E-state index contributed by atoms with van der Waals surface area (Å²) in [6, 6.07) is 24.6. The predicted molar refractivity (Wildman–Crippen MR) is 121 cm³/mol. The highest BCUT2D eigenvalue weighted by Gasteiger charge is 2.14. The van der Waals surface area contributed by atoms with Crippen molar-refractivity contribution < 1.29 is 23.7 Å². The Balaban J connectivity index is 1.43. The lowest BCUT2D eigenvalue weighted by molar-refractivity contribution is 0.0595. The third-order valence-electron chi connectivity index (χ3n) is 4.93. The number of carbonyl (C=O) groups is 1. The van der Waals surface area contributed by atoms with Gasteiger partial charge >= 0.3 is 5.97 Å². The number of methoxy groups -OCH3 is 2. The molecule has 32 heavy (non-hydrogen) atoms. The molecule has 0 spiro atoms. The molecule has 4 aromatic rings. The molecule has 0 unspecified atom stereocenters. The molecule has 3 aromatic carbocycles. The molecule has 1 aromatic heterocycles. The smallest absolute Gasteiger partial charge is 0.341 e. The summed E-state index contributed by atoms with van der Waals surface area (Å²) in [6.07, 6.45) is 0. The van der Waals surface area contributed by atoms with E-state index in [1.54, 1.807) is 25.3 Å². The van der Waals surface area contributed by atoms with Crippen molar-refractivity contribution in [3.05, 3.63) is 95.7 Å². The summed E-state index contributed by atoms with van der Waals surface area (Å²) in [4.78, 5) is 16.7. The monoisotopic (exact) mass is 429 g/mol. The van der Waals surface area contributed by atoms with Crippen LogP contribution < -0.4 is 14.2 Å². The Morgan fingerprint density at radius 3 is 2.53 bits per heavy atom. The molecule has 0 fully saturated rings. The Morgan fingerprint density at radius 1 is 0.812 bits per heavy atom. The van der Waals surface area contributed by atoms with Crippen molar-refractivity contribution >= 4 is 16.9 Å². The fraction of sp³-hybridized carbons (Fsp3) is 0.154. The van der Waals surface area contributed by atoms with Gasteiger partial charge in [-0.1, -0.05) is 36.4 Å². The number of aromatic nitrogens is 1. The Hall–Kier alpha value is -4.06. The van der Waals surface area contributed by atoms with Crippen molar-refractivity contribution in [3.8, 4) is 17.2 Å². The van der Waals surface area contributed by atoms with E-state index in [-0.39, 0.29) is 6.61 Å². The van der Waals surface area contributed by atoms with Gasteiger partial charge in [-0.15, -0.1) is 0 Å². The lowest BCUT2D eigenvalue weighted by atomic mass is 10.2. The van der Waals surface area contributed by atoms with E-state index >= 15 is 0 Å². The minimum Gasteiger partial charge on any atom is -0.497 e. The molecular weight excluding hydrogens is 406 g/mol. The summed E-state index contributed by atoms with van der Waals surface area (Å²) in [5.74, 6) is 1.22. The first kappa shape index (κ1) is 21.2. The number of fused-ring (bicyclic) bond motifs is 1. The van der Waals surface area contributed by atoms with E-state index in [1.807, 2.05) is 60.7 Å². The first-order valence-corrected chi connectivity index (χ1v) is 10.1. The van der Waals surface area contributed by atoms with Crippen LogP contribution in [0.2, 0.25) is 0 Å². The number of carbonyl (C=O) groups excluding carboxylic acids is 1. The number of hydrogen-bond acceptors (Lipinski definition) is 6. The fourth-order valence-electron chi connectivity index (χ4n) is 3.26. The number of ether oxygens (including phenoxy) is 4. The van der Waals surface area contributed by atoms with E-state index in [0.717, 1.165) is 22.2 Å². The average Bonchev–Trinajstić information content (AvgIpc) is 2.85. The molecule has 162 valence electrons. The zero-order valence-corrected chi connectivity index (χ0v) is 17.9. The summed E-state index contributed by atoms with van der Waals surface area (Å²) < 4.78 is 21.9. The summed E-state index contributed by atoms with van der Waals surface area (Å²) >= 11 is 0. The zero-order valence-electron chi connectivity index (χ0n) is 17.9. The Kier molecular flexibility index (Phi) is 6.51. The van der Waals surface area contributed by atoms with Gasteiger partial charge in [0.05, 0.1) is 25.4 Å². The minimum atomic E-state index is -0.470. The molecule has 0 bridgehead atoms. The topological polar surface area (TPSA) is 66.9 Å². The second-order valence-electron chi connectivity index (χ2n) is 7.07. The molecule has 0 N–H and O–H groups in total. The van der Waals surface area contributed by atoms with Gasteiger partial charge in [0, 0.05) is 11.5 Å². The highest BCUT2D eigenvalue weighted by atomic mass is 16.5. The summed E-state index contributed by atoms with van der Waals surface area (Å²) in [6.45, 7) is 0.611. The molecule has 0 atom stereocenters. The third-order valence-corrected chi connectivity index (χ3v) is 4.93. The molecule has 6 nitrogen and oxygen atoms in total. The first-order chi connectivity index (χ1) is 15.7. The zero-order chi connectivity index (χ0) is 22.3. The van der Waals surface area contributed by atoms with Gasteiger partial charge in [0.2, 0.25) is 0 Å². The molecule has 0 radical (unpaired) electrons. The first-order valence-electron chi connectivity index (χ1n) is 10.1.